The molecule has 0 aliphatic carbocycles. The van der Waals surface area contributed by atoms with E-state index >= 15 is 0 Å². The van der Waals surface area contributed by atoms with E-state index < -0.39 is 17.2 Å². The molecule has 1 fully saturated rings. The third-order valence-electron chi connectivity index (χ3n) is 7.23. The summed E-state index contributed by atoms with van der Waals surface area (Å²) < 4.78 is 43.7. The zero-order valence-corrected chi connectivity index (χ0v) is 25.3. The van der Waals surface area contributed by atoms with E-state index in [1.165, 1.54) is 44.6 Å². The van der Waals surface area contributed by atoms with Gasteiger partial charge >= 0.3 is 5.97 Å². The number of hydrogen-bond acceptors (Lipinski definition) is 6. The summed E-state index contributed by atoms with van der Waals surface area (Å²) in [5, 5.41) is 0. The maximum atomic E-state index is 14.8. The molecule has 7 heteroatoms. The van der Waals surface area contributed by atoms with Crippen molar-refractivity contribution in [3.8, 4) is 22.6 Å². The molecule has 0 unspecified atom stereocenters. The Balaban J connectivity index is 1.50. The Labute approximate surface area is 245 Å². The molecule has 41 heavy (non-hydrogen) atoms. The zero-order chi connectivity index (χ0) is 29.7. The van der Waals surface area contributed by atoms with Crippen molar-refractivity contribution < 1.29 is 32.9 Å². The number of hydrogen-bond donors (Lipinski definition) is 0. The van der Waals surface area contributed by atoms with Gasteiger partial charge in [-0.05, 0) is 62.6 Å². The Bertz CT molecular complexity index is 1100. The van der Waals surface area contributed by atoms with Gasteiger partial charge in [-0.15, -0.1) is 0 Å². The van der Waals surface area contributed by atoms with E-state index in [0.29, 0.717) is 31.1 Å². The number of unbranched alkanes of at least 4 members (excludes halogenated alkanes) is 7. The van der Waals surface area contributed by atoms with Crippen LogP contribution in [0.25, 0.3) is 11.1 Å². The summed E-state index contributed by atoms with van der Waals surface area (Å²) in [4.78, 5) is 12.0. The lowest BCUT2D eigenvalue weighted by molar-refractivity contribution is -0.294. The summed E-state index contributed by atoms with van der Waals surface area (Å²) in [6, 6.07) is 12.5. The average molecular weight is 571 g/mol. The zero-order valence-electron chi connectivity index (χ0n) is 25.3. The quantitative estimate of drug-likeness (QED) is 0.108. The highest BCUT2D eigenvalue weighted by Crippen LogP contribution is 2.32. The summed E-state index contributed by atoms with van der Waals surface area (Å²) in [5.74, 6) is -0.624. The van der Waals surface area contributed by atoms with E-state index in [1.807, 2.05) is 44.2 Å². The average Bonchev–Trinajstić information content (AvgIpc) is 2.96. The molecular formula is C34H47FO6. The van der Waals surface area contributed by atoms with Crippen LogP contribution in [0.4, 0.5) is 4.39 Å². The van der Waals surface area contributed by atoms with Gasteiger partial charge in [0.15, 0.2) is 17.4 Å². The van der Waals surface area contributed by atoms with Gasteiger partial charge in [0.25, 0.3) is 0 Å². The molecule has 3 rings (SSSR count). The number of carbonyl (C=O) groups is 1. The standard InChI is InChI=1S/C34H47FO6/c1-6-7-8-9-10-11-12-13-20-37-31-19-16-28(21-30(31)35)27-14-17-29(18-15-27)38-22-34(23-39-32(36)26(2)3)24-40-33(4,5)41-25-34/h14-19,21H,2,6-13,20,22-25H2,1,3-5H3. The summed E-state index contributed by atoms with van der Waals surface area (Å²) in [6.07, 6.45) is 9.72. The van der Waals surface area contributed by atoms with E-state index in [-0.39, 0.29) is 24.8 Å². The molecule has 0 radical (unpaired) electrons. The minimum Gasteiger partial charge on any atom is -0.493 e. The van der Waals surface area contributed by atoms with E-state index in [1.54, 1.807) is 13.0 Å². The molecule has 0 atom stereocenters. The molecule has 2 aromatic carbocycles. The molecular weight excluding hydrogens is 523 g/mol. The lowest BCUT2D eigenvalue weighted by Crippen LogP contribution is -2.52. The van der Waals surface area contributed by atoms with Crippen LogP contribution in [0.3, 0.4) is 0 Å². The Morgan fingerprint density at radius 3 is 2.10 bits per heavy atom. The van der Waals surface area contributed by atoms with Crippen LogP contribution in [0.15, 0.2) is 54.6 Å². The Hall–Kier alpha value is -2.90. The second-order valence-electron chi connectivity index (χ2n) is 11.6. The highest BCUT2D eigenvalue weighted by atomic mass is 19.1. The predicted molar refractivity (Wildman–Crippen MR) is 160 cm³/mol. The Kier molecular flexibility index (Phi) is 12.7. The van der Waals surface area contributed by atoms with Crippen molar-refractivity contribution in [3.05, 3.63) is 60.4 Å². The van der Waals surface area contributed by atoms with E-state index in [2.05, 4.69) is 13.5 Å². The highest BCUT2D eigenvalue weighted by molar-refractivity contribution is 5.86. The molecule has 0 spiro atoms. The molecule has 0 saturated carbocycles. The van der Waals surface area contributed by atoms with Crippen molar-refractivity contribution in [2.45, 2.75) is 84.8 Å². The summed E-state index contributed by atoms with van der Waals surface area (Å²) in [5.41, 5.74) is 1.29. The first kappa shape index (κ1) is 32.6. The van der Waals surface area contributed by atoms with Crippen LogP contribution in [-0.4, -0.2) is 44.8 Å². The molecule has 226 valence electrons. The van der Waals surface area contributed by atoms with Crippen molar-refractivity contribution in [2.24, 2.45) is 5.41 Å². The monoisotopic (exact) mass is 570 g/mol. The number of benzene rings is 2. The van der Waals surface area contributed by atoms with Gasteiger partial charge in [-0.2, -0.15) is 0 Å². The number of ether oxygens (including phenoxy) is 5. The fraction of sp³-hybridized carbons (Fsp3) is 0.559. The molecule has 1 heterocycles. The van der Waals surface area contributed by atoms with Crippen LogP contribution in [0.5, 0.6) is 11.5 Å². The van der Waals surface area contributed by atoms with Crippen LogP contribution >= 0.6 is 0 Å². The van der Waals surface area contributed by atoms with Gasteiger partial charge in [-0.25, -0.2) is 9.18 Å². The second kappa shape index (κ2) is 15.9. The first-order valence-corrected chi connectivity index (χ1v) is 14.9. The number of halogens is 1. The van der Waals surface area contributed by atoms with Crippen LogP contribution in [0.2, 0.25) is 0 Å². The Morgan fingerprint density at radius 2 is 1.49 bits per heavy atom. The second-order valence-corrected chi connectivity index (χ2v) is 11.6. The van der Waals surface area contributed by atoms with Crippen LogP contribution in [-0.2, 0) is 19.0 Å². The van der Waals surface area contributed by atoms with E-state index in [0.717, 1.165) is 24.0 Å². The fourth-order valence-corrected chi connectivity index (χ4v) is 4.48. The minimum atomic E-state index is -0.715. The largest absolute Gasteiger partial charge is 0.493 e. The van der Waals surface area contributed by atoms with Crippen LogP contribution in [0.1, 0.15) is 79.1 Å². The lowest BCUT2D eigenvalue weighted by atomic mass is 9.91. The molecule has 1 aliphatic rings. The molecule has 0 bridgehead atoms. The Morgan fingerprint density at radius 1 is 0.878 bits per heavy atom. The van der Waals surface area contributed by atoms with E-state index in [4.69, 9.17) is 23.7 Å². The SMILES string of the molecule is C=C(C)C(=O)OCC1(COc2ccc(-c3ccc(OCCCCCCCCCC)c(F)c3)cc2)COC(C)(C)OC1. The predicted octanol–water partition coefficient (Wildman–Crippen LogP) is 8.28. The van der Waals surface area contributed by atoms with Gasteiger partial charge in [0.1, 0.15) is 19.0 Å². The first-order valence-electron chi connectivity index (χ1n) is 14.9. The van der Waals surface area contributed by atoms with Gasteiger partial charge in [-0.1, -0.05) is 76.6 Å². The topological polar surface area (TPSA) is 63.2 Å². The van der Waals surface area contributed by atoms with Gasteiger partial charge in [0.05, 0.1) is 25.2 Å². The van der Waals surface area contributed by atoms with Gasteiger partial charge in [0, 0.05) is 5.57 Å². The molecule has 1 saturated heterocycles. The molecule has 0 aromatic heterocycles. The van der Waals surface area contributed by atoms with Crippen molar-refractivity contribution >= 4 is 5.97 Å². The lowest BCUT2D eigenvalue weighted by Gasteiger charge is -2.42. The maximum Gasteiger partial charge on any atom is 0.333 e. The summed E-state index contributed by atoms with van der Waals surface area (Å²) in [6.45, 7) is 12.6. The van der Waals surface area contributed by atoms with Gasteiger partial charge in [-0.3, -0.25) is 0 Å². The van der Waals surface area contributed by atoms with E-state index in [9.17, 15) is 9.18 Å². The third kappa shape index (κ3) is 10.8. The summed E-state index contributed by atoms with van der Waals surface area (Å²) in [7, 11) is 0. The smallest absolute Gasteiger partial charge is 0.333 e. The summed E-state index contributed by atoms with van der Waals surface area (Å²) >= 11 is 0. The molecule has 0 N–H and O–H groups in total. The van der Waals surface area contributed by atoms with Crippen LogP contribution < -0.4 is 9.47 Å². The highest BCUT2D eigenvalue weighted by Gasteiger charge is 2.42. The number of rotatable bonds is 17. The normalized spacial score (nSPS) is 15.7. The van der Waals surface area contributed by atoms with Gasteiger partial charge < -0.3 is 23.7 Å². The minimum absolute atomic E-state index is 0.0829. The van der Waals surface area contributed by atoms with Crippen LogP contribution in [0, 0.1) is 11.2 Å². The number of esters is 1. The van der Waals surface area contributed by atoms with Crippen molar-refractivity contribution in [1.29, 1.82) is 0 Å². The van der Waals surface area contributed by atoms with Gasteiger partial charge in [0.2, 0.25) is 0 Å². The van der Waals surface area contributed by atoms with Crippen molar-refractivity contribution in [3.63, 3.8) is 0 Å². The van der Waals surface area contributed by atoms with Crippen molar-refractivity contribution in [1.82, 2.24) is 0 Å². The molecule has 6 nitrogen and oxygen atoms in total. The molecule has 1 aliphatic heterocycles. The maximum absolute atomic E-state index is 14.8. The fourth-order valence-electron chi connectivity index (χ4n) is 4.48. The number of carbonyl (C=O) groups excluding carboxylic acids is 1. The van der Waals surface area contributed by atoms with Crippen molar-refractivity contribution in [2.75, 3.05) is 33.0 Å². The first-order chi connectivity index (χ1) is 19.6. The molecule has 2 aromatic rings. The third-order valence-corrected chi connectivity index (χ3v) is 7.23. The molecule has 0 amide bonds.